The Bertz CT molecular complexity index is 438. The smallest absolute Gasteiger partial charge is 0.381 e. The van der Waals surface area contributed by atoms with Gasteiger partial charge in [0.25, 0.3) is 5.92 Å². The third kappa shape index (κ3) is 2.80. The van der Waals surface area contributed by atoms with Crippen molar-refractivity contribution in [3.05, 3.63) is 35.4 Å². The lowest BCUT2D eigenvalue weighted by Gasteiger charge is -2.21. The molecule has 0 aliphatic heterocycles. The highest BCUT2D eigenvalue weighted by Crippen LogP contribution is 2.38. The van der Waals surface area contributed by atoms with Gasteiger partial charge in [-0.05, 0) is 6.92 Å². The summed E-state index contributed by atoms with van der Waals surface area (Å²) in [5.74, 6) is -9.39. The largest absolute Gasteiger partial charge is 0.461 e. The summed E-state index contributed by atoms with van der Waals surface area (Å²) < 4.78 is 58.1. The van der Waals surface area contributed by atoms with Crippen LogP contribution in [0.1, 0.15) is 25.0 Å². The predicted molar refractivity (Wildman–Crippen MR) is 56.5 cm³/mol. The Morgan fingerprint density at radius 3 is 2.11 bits per heavy atom. The van der Waals surface area contributed by atoms with Crippen molar-refractivity contribution in [3.63, 3.8) is 0 Å². The fourth-order valence-corrected chi connectivity index (χ4v) is 1.47. The van der Waals surface area contributed by atoms with E-state index in [1.165, 1.54) is 13.0 Å². The Kier molecular flexibility index (Phi) is 3.98. The summed E-state index contributed by atoms with van der Waals surface area (Å²) in [6.45, 7) is 1.60. The highest BCUT2D eigenvalue weighted by atomic mass is 19.3. The van der Waals surface area contributed by atoms with Crippen molar-refractivity contribution in [1.82, 2.24) is 0 Å². The second-order valence-electron chi connectivity index (χ2n) is 3.73. The third-order valence-electron chi connectivity index (χ3n) is 2.27. The molecule has 0 spiro atoms. The van der Waals surface area contributed by atoms with Gasteiger partial charge in [-0.15, -0.1) is 0 Å². The van der Waals surface area contributed by atoms with Crippen LogP contribution in [0, 0.1) is 0 Å². The molecule has 0 bridgehead atoms. The van der Waals surface area contributed by atoms with Gasteiger partial charge in [0.15, 0.2) is 0 Å². The number of carbonyl (C=O) groups is 1. The zero-order valence-electron chi connectivity index (χ0n) is 9.84. The molecular weight excluding hydrogens is 252 g/mol. The SMILES string of the molecule is CCOC(=O)C(F)(F)c1ccccc1C(C)(F)F. The maximum absolute atomic E-state index is 13.7. The van der Waals surface area contributed by atoms with E-state index in [1.54, 1.807) is 0 Å². The normalized spacial score (nSPS) is 12.3. The number of alkyl halides is 4. The van der Waals surface area contributed by atoms with Gasteiger partial charge in [0, 0.05) is 18.1 Å². The van der Waals surface area contributed by atoms with Crippen LogP contribution in [0.4, 0.5) is 17.6 Å². The lowest BCUT2D eigenvalue weighted by Crippen LogP contribution is -2.31. The van der Waals surface area contributed by atoms with Crippen LogP contribution >= 0.6 is 0 Å². The average Bonchev–Trinajstić information content (AvgIpc) is 2.28. The molecule has 0 radical (unpaired) electrons. The second-order valence-corrected chi connectivity index (χ2v) is 3.73. The summed E-state index contributed by atoms with van der Waals surface area (Å²) in [5.41, 5.74) is -1.92. The molecule has 6 heteroatoms. The predicted octanol–water partition coefficient (Wildman–Crippen LogP) is 3.45. The highest BCUT2D eigenvalue weighted by Gasteiger charge is 2.47. The van der Waals surface area contributed by atoms with Crippen LogP contribution in [0.25, 0.3) is 0 Å². The molecule has 100 valence electrons. The van der Waals surface area contributed by atoms with Gasteiger partial charge >= 0.3 is 11.9 Å². The number of ether oxygens (including phenoxy) is 1. The first-order valence-corrected chi connectivity index (χ1v) is 5.24. The van der Waals surface area contributed by atoms with Crippen LogP contribution < -0.4 is 0 Å². The Morgan fingerprint density at radius 2 is 1.67 bits per heavy atom. The standard InChI is InChI=1S/C12H12F4O2/c1-3-18-10(17)12(15,16)9-7-5-4-6-8(9)11(2,13)14/h4-7H,3H2,1-2H3. The van der Waals surface area contributed by atoms with Crippen LogP contribution in [0.15, 0.2) is 24.3 Å². The number of esters is 1. The van der Waals surface area contributed by atoms with Crippen LogP contribution in [-0.2, 0) is 21.4 Å². The molecule has 0 atom stereocenters. The summed E-state index contributed by atoms with van der Waals surface area (Å²) in [4.78, 5) is 11.1. The number of carbonyl (C=O) groups excluding carboxylic acids is 1. The van der Waals surface area contributed by atoms with Gasteiger partial charge in [-0.2, -0.15) is 8.78 Å². The summed E-state index contributed by atoms with van der Waals surface area (Å²) >= 11 is 0. The van der Waals surface area contributed by atoms with Crippen molar-refractivity contribution < 1.29 is 27.1 Å². The van der Waals surface area contributed by atoms with Crippen molar-refractivity contribution in [1.29, 1.82) is 0 Å². The first-order chi connectivity index (χ1) is 8.21. The van der Waals surface area contributed by atoms with Gasteiger partial charge in [0.2, 0.25) is 0 Å². The average molecular weight is 264 g/mol. The highest BCUT2D eigenvalue weighted by molar-refractivity contribution is 5.80. The monoisotopic (exact) mass is 264 g/mol. The maximum Gasteiger partial charge on any atom is 0.381 e. The molecule has 1 rings (SSSR count). The molecule has 0 aromatic heterocycles. The molecule has 0 aliphatic carbocycles. The Morgan fingerprint density at radius 1 is 1.17 bits per heavy atom. The maximum atomic E-state index is 13.7. The number of hydrogen-bond acceptors (Lipinski definition) is 2. The van der Waals surface area contributed by atoms with E-state index < -0.39 is 28.9 Å². The van der Waals surface area contributed by atoms with E-state index >= 15 is 0 Å². The van der Waals surface area contributed by atoms with E-state index in [0.29, 0.717) is 6.92 Å². The van der Waals surface area contributed by atoms with Gasteiger partial charge < -0.3 is 4.74 Å². The lowest BCUT2D eigenvalue weighted by atomic mass is 9.97. The summed E-state index contributed by atoms with van der Waals surface area (Å²) in [5, 5.41) is 0. The fraction of sp³-hybridized carbons (Fsp3) is 0.417. The van der Waals surface area contributed by atoms with Gasteiger partial charge in [-0.25, -0.2) is 13.6 Å². The van der Waals surface area contributed by atoms with E-state index in [0.717, 1.165) is 18.2 Å². The fourth-order valence-electron chi connectivity index (χ4n) is 1.47. The van der Waals surface area contributed by atoms with Crippen molar-refractivity contribution in [2.24, 2.45) is 0 Å². The number of benzene rings is 1. The summed E-state index contributed by atoms with van der Waals surface area (Å²) in [6.07, 6.45) is 0. The number of hydrogen-bond donors (Lipinski definition) is 0. The first kappa shape index (κ1) is 14.5. The zero-order chi connectivity index (χ0) is 14.0. The molecule has 0 N–H and O–H groups in total. The van der Waals surface area contributed by atoms with E-state index in [2.05, 4.69) is 4.74 Å². The molecule has 0 saturated carbocycles. The minimum Gasteiger partial charge on any atom is -0.461 e. The third-order valence-corrected chi connectivity index (χ3v) is 2.27. The van der Waals surface area contributed by atoms with Crippen molar-refractivity contribution in [3.8, 4) is 0 Å². The Hall–Kier alpha value is -1.59. The molecule has 0 unspecified atom stereocenters. The van der Waals surface area contributed by atoms with Gasteiger partial charge in [0.1, 0.15) is 0 Å². The van der Waals surface area contributed by atoms with Crippen molar-refractivity contribution in [2.75, 3.05) is 6.61 Å². The lowest BCUT2D eigenvalue weighted by molar-refractivity contribution is -0.173. The summed E-state index contributed by atoms with van der Waals surface area (Å²) in [7, 11) is 0. The number of rotatable bonds is 4. The van der Waals surface area contributed by atoms with Crippen LogP contribution in [0.3, 0.4) is 0 Å². The molecule has 1 aromatic carbocycles. The Labute approximate surface area is 102 Å². The molecule has 0 saturated heterocycles. The van der Waals surface area contributed by atoms with Crippen molar-refractivity contribution >= 4 is 5.97 Å². The molecule has 2 nitrogen and oxygen atoms in total. The van der Waals surface area contributed by atoms with Crippen molar-refractivity contribution in [2.45, 2.75) is 25.7 Å². The molecule has 1 aromatic rings. The quantitative estimate of drug-likeness (QED) is 0.615. The van der Waals surface area contributed by atoms with Crippen LogP contribution in [0.5, 0.6) is 0 Å². The van der Waals surface area contributed by atoms with Gasteiger partial charge in [-0.1, -0.05) is 24.3 Å². The molecule has 0 heterocycles. The molecule has 0 amide bonds. The molecule has 0 fully saturated rings. The van der Waals surface area contributed by atoms with Gasteiger partial charge in [-0.3, -0.25) is 0 Å². The van der Waals surface area contributed by atoms with E-state index in [9.17, 15) is 22.4 Å². The van der Waals surface area contributed by atoms with Crippen LogP contribution in [-0.4, -0.2) is 12.6 Å². The second kappa shape index (κ2) is 4.96. The molecule has 18 heavy (non-hydrogen) atoms. The number of halogens is 4. The van der Waals surface area contributed by atoms with E-state index in [4.69, 9.17) is 0 Å². The molecular formula is C12H12F4O2. The first-order valence-electron chi connectivity index (χ1n) is 5.24. The van der Waals surface area contributed by atoms with Crippen LogP contribution in [0.2, 0.25) is 0 Å². The summed E-state index contributed by atoms with van der Waals surface area (Å²) in [6, 6.07) is 4.03. The topological polar surface area (TPSA) is 26.3 Å². The molecule has 0 aliphatic rings. The van der Waals surface area contributed by atoms with Gasteiger partial charge in [0.05, 0.1) is 6.61 Å². The van der Waals surface area contributed by atoms with E-state index in [1.807, 2.05) is 0 Å². The van der Waals surface area contributed by atoms with E-state index in [-0.39, 0.29) is 6.61 Å². The minimum absolute atomic E-state index is 0.251. The zero-order valence-corrected chi connectivity index (χ0v) is 9.84. The Balaban J connectivity index is 3.28. The minimum atomic E-state index is -4.09.